The Morgan fingerprint density at radius 2 is 1.96 bits per heavy atom. The lowest BCUT2D eigenvalue weighted by molar-refractivity contribution is 0.101. The highest BCUT2D eigenvalue weighted by molar-refractivity contribution is 7.99. The van der Waals surface area contributed by atoms with Crippen molar-refractivity contribution in [2.24, 2.45) is 5.92 Å². The molecule has 0 amide bonds. The number of piperidine rings is 1. The molecule has 4 heteroatoms. The van der Waals surface area contributed by atoms with Crippen molar-refractivity contribution in [3.63, 3.8) is 0 Å². The van der Waals surface area contributed by atoms with Gasteiger partial charge >= 0.3 is 0 Å². The number of para-hydroxylation sites is 1. The smallest absolute Gasteiger partial charge is 0.159 e. The molecule has 3 nitrogen and oxygen atoms in total. The third-order valence-corrected chi connectivity index (χ3v) is 6.31. The second-order valence-electron chi connectivity index (χ2n) is 7.19. The second-order valence-corrected chi connectivity index (χ2v) is 8.27. The quantitative estimate of drug-likeness (QED) is 0.738. The number of hydrogen-bond acceptors (Lipinski definition) is 4. The van der Waals surface area contributed by atoms with Gasteiger partial charge in [0.2, 0.25) is 0 Å². The average molecular weight is 353 g/mol. The number of hydrogen-bond donors (Lipinski definition) is 0. The summed E-state index contributed by atoms with van der Waals surface area (Å²) in [5, 5.41) is 0. The largest absolute Gasteiger partial charge is 0.339 e. The van der Waals surface area contributed by atoms with Crippen LogP contribution in [0, 0.1) is 5.92 Å². The molecule has 0 N–H and O–H groups in total. The Bertz CT molecular complexity index is 804. The van der Waals surface area contributed by atoms with Crippen molar-refractivity contribution in [1.82, 2.24) is 4.90 Å². The lowest BCUT2D eigenvalue weighted by atomic mass is 9.97. The molecule has 2 aromatic carbocycles. The molecule has 130 valence electrons. The summed E-state index contributed by atoms with van der Waals surface area (Å²) in [6.07, 6.45) is 2.57. The molecule has 1 saturated heterocycles. The first-order valence-corrected chi connectivity index (χ1v) is 9.81. The molecule has 1 atom stereocenters. The maximum absolute atomic E-state index is 11.8. The van der Waals surface area contributed by atoms with E-state index in [4.69, 9.17) is 0 Å². The lowest BCUT2D eigenvalue weighted by Crippen LogP contribution is -2.38. The van der Waals surface area contributed by atoms with Crippen LogP contribution in [0.3, 0.4) is 0 Å². The van der Waals surface area contributed by atoms with Crippen LogP contribution in [0.5, 0.6) is 0 Å². The number of nitrogens with zero attached hydrogens (tertiary/aromatic N) is 2. The van der Waals surface area contributed by atoms with Crippen LogP contribution in [0.4, 0.5) is 11.4 Å². The number of ketones is 1. The van der Waals surface area contributed by atoms with Gasteiger partial charge in [-0.25, -0.2) is 0 Å². The first-order chi connectivity index (χ1) is 12.1. The third-order valence-electron chi connectivity index (χ3n) is 5.20. The van der Waals surface area contributed by atoms with Gasteiger partial charge in [-0.15, -0.1) is 0 Å². The molecule has 1 fully saturated rings. The molecule has 0 saturated carbocycles. The Morgan fingerprint density at radius 3 is 2.76 bits per heavy atom. The van der Waals surface area contributed by atoms with E-state index in [9.17, 15) is 4.79 Å². The van der Waals surface area contributed by atoms with Crippen molar-refractivity contribution < 1.29 is 4.79 Å². The molecule has 1 unspecified atom stereocenters. The molecule has 25 heavy (non-hydrogen) atoms. The minimum absolute atomic E-state index is 0.128. The summed E-state index contributed by atoms with van der Waals surface area (Å²) in [4.78, 5) is 19.2. The highest BCUT2D eigenvalue weighted by Gasteiger charge is 2.27. The number of rotatable bonds is 3. The van der Waals surface area contributed by atoms with Crippen molar-refractivity contribution in [1.29, 1.82) is 0 Å². The molecule has 0 bridgehead atoms. The molecule has 4 rings (SSSR count). The van der Waals surface area contributed by atoms with Gasteiger partial charge in [0, 0.05) is 28.4 Å². The second kappa shape index (κ2) is 6.85. The van der Waals surface area contributed by atoms with E-state index in [1.807, 2.05) is 6.07 Å². The number of benzene rings is 2. The Kier molecular flexibility index (Phi) is 4.57. The molecule has 2 aromatic rings. The van der Waals surface area contributed by atoms with Crippen molar-refractivity contribution in [2.75, 3.05) is 31.6 Å². The lowest BCUT2D eigenvalue weighted by Gasteiger charge is -2.38. The standard InChI is InChI=1S/C21H24N2OS/c1-15(24)17-9-10-19-21(12-17)25-20-8-4-3-7-18(20)23(19)14-16-6-5-11-22(2)13-16/h3-4,7-10,12,16H,5-6,11,13-14H2,1-2H3. The van der Waals surface area contributed by atoms with Gasteiger partial charge in [0.05, 0.1) is 11.4 Å². The number of carbonyl (C=O) groups is 1. The number of Topliss-reactive ketones (excluding diaryl/α,β-unsaturated/α-hetero) is 1. The molecular formula is C21H24N2OS. The number of anilines is 2. The van der Waals surface area contributed by atoms with Gasteiger partial charge in [0.15, 0.2) is 5.78 Å². The van der Waals surface area contributed by atoms with E-state index in [1.165, 1.54) is 40.6 Å². The minimum atomic E-state index is 0.128. The molecule has 2 aliphatic rings. The van der Waals surface area contributed by atoms with Crippen molar-refractivity contribution >= 4 is 28.9 Å². The summed E-state index contributed by atoms with van der Waals surface area (Å²) >= 11 is 1.78. The van der Waals surface area contributed by atoms with Gasteiger partial charge in [-0.2, -0.15) is 0 Å². The van der Waals surface area contributed by atoms with E-state index in [-0.39, 0.29) is 5.78 Å². The summed E-state index contributed by atoms with van der Waals surface area (Å²) in [6.45, 7) is 5.04. The fraction of sp³-hybridized carbons (Fsp3) is 0.381. The molecule has 0 radical (unpaired) electrons. The number of fused-ring (bicyclic) bond motifs is 2. The predicted molar refractivity (Wildman–Crippen MR) is 104 cm³/mol. The zero-order valence-electron chi connectivity index (χ0n) is 14.9. The zero-order valence-corrected chi connectivity index (χ0v) is 15.7. The predicted octanol–water partition coefficient (Wildman–Crippen LogP) is 4.83. The van der Waals surface area contributed by atoms with E-state index in [2.05, 4.69) is 53.2 Å². The average Bonchev–Trinajstić information content (AvgIpc) is 2.61. The van der Waals surface area contributed by atoms with E-state index in [0.29, 0.717) is 5.92 Å². The molecule has 0 spiro atoms. The van der Waals surface area contributed by atoms with Gasteiger partial charge in [-0.3, -0.25) is 4.79 Å². The summed E-state index contributed by atoms with van der Waals surface area (Å²) in [6, 6.07) is 14.8. The Balaban J connectivity index is 1.71. The minimum Gasteiger partial charge on any atom is -0.339 e. The maximum Gasteiger partial charge on any atom is 0.159 e. The van der Waals surface area contributed by atoms with Crippen LogP contribution in [0.15, 0.2) is 52.3 Å². The monoisotopic (exact) mass is 352 g/mol. The summed E-state index contributed by atoms with van der Waals surface area (Å²) < 4.78 is 0. The first-order valence-electron chi connectivity index (χ1n) is 9.00. The topological polar surface area (TPSA) is 23.6 Å². The fourth-order valence-electron chi connectivity index (χ4n) is 3.93. The molecule has 0 aromatic heterocycles. The van der Waals surface area contributed by atoms with Crippen LogP contribution in [-0.4, -0.2) is 37.4 Å². The summed E-state index contributed by atoms with van der Waals surface area (Å²) in [5.74, 6) is 0.804. The van der Waals surface area contributed by atoms with Crippen LogP contribution >= 0.6 is 11.8 Å². The van der Waals surface area contributed by atoms with E-state index in [0.717, 1.165) is 18.7 Å². The highest BCUT2D eigenvalue weighted by Crippen LogP contribution is 2.48. The Labute approximate surface area is 154 Å². The fourth-order valence-corrected chi connectivity index (χ4v) is 5.06. The van der Waals surface area contributed by atoms with E-state index >= 15 is 0 Å². The first kappa shape index (κ1) is 16.7. The van der Waals surface area contributed by atoms with Crippen LogP contribution in [0.2, 0.25) is 0 Å². The van der Waals surface area contributed by atoms with Gasteiger partial charge in [-0.1, -0.05) is 23.9 Å². The third kappa shape index (κ3) is 3.33. The molecule has 0 aliphatic carbocycles. The van der Waals surface area contributed by atoms with E-state index < -0.39 is 0 Å². The maximum atomic E-state index is 11.8. The van der Waals surface area contributed by atoms with Crippen molar-refractivity contribution in [3.05, 3.63) is 48.0 Å². The number of carbonyl (C=O) groups excluding carboxylic acids is 1. The Morgan fingerprint density at radius 1 is 1.16 bits per heavy atom. The van der Waals surface area contributed by atoms with Crippen LogP contribution in [-0.2, 0) is 0 Å². The zero-order chi connectivity index (χ0) is 17.4. The Hall–Kier alpha value is -1.78. The van der Waals surface area contributed by atoms with Crippen LogP contribution < -0.4 is 4.90 Å². The highest BCUT2D eigenvalue weighted by atomic mass is 32.2. The van der Waals surface area contributed by atoms with Crippen molar-refractivity contribution in [3.8, 4) is 0 Å². The van der Waals surface area contributed by atoms with Gasteiger partial charge in [-0.05, 0) is 69.6 Å². The van der Waals surface area contributed by atoms with E-state index in [1.54, 1.807) is 18.7 Å². The van der Waals surface area contributed by atoms with Crippen molar-refractivity contribution in [2.45, 2.75) is 29.6 Å². The molecule has 2 heterocycles. The summed E-state index contributed by atoms with van der Waals surface area (Å²) in [7, 11) is 2.22. The number of likely N-dealkylation sites (tertiary alicyclic amines) is 1. The molecular weight excluding hydrogens is 328 g/mol. The van der Waals surface area contributed by atoms with Crippen LogP contribution in [0.1, 0.15) is 30.1 Å². The van der Waals surface area contributed by atoms with Crippen LogP contribution in [0.25, 0.3) is 0 Å². The van der Waals surface area contributed by atoms with Gasteiger partial charge < -0.3 is 9.80 Å². The van der Waals surface area contributed by atoms with Gasteiger partial charge in [0.1, 0.15) is 0 Å². The normalized spacial score (nSPS) is 20.1. The SMILES string of the molecule is CC(=O)c1ccc2c(c1)Sc1ccccc1N2CC1CCCN(C)C1. The van der Waals surface area contributed by atoms with Gasteiger partial charge in [0.25, 0.3) is 0 Å². The molecule has 2 aliphatic heterocycles. The summed E-state index contributed by atoms with van der Waals surface area (Å²) in [5.41, 5.74) is 3.33.